The van der Waals surface area contributed by atoms with E-state index in [0.717, 1.165) is 95.8 Å². The number of rotatable bonds is 11. The van der Waals surface area contributed by atoms with E-state index < -0.39 is 11.4 Å². The molecule has 3 aliphatic heterocycles. The van der Waals surface area contributed by atoms with Gasteiger partial charge in [0.2, 0.25) is 0 Å². The topological polar surface area (TPSA) is 91.4 Å². The first-order chi connectivity index (χ1) is 22.4. The number of ether oxygens (including phenoxy) is 4. The molecule has 46 heavy (non-hydrogen) atoms. The van der Waals surface area contributed by atoms with Gasteiger partial charge in [-0.05, 0) is 99.9 Å². The fourth-order valence-electron chi connectivity index (χ4n) is 8.13. The summed E-state index contributed by atoms with van der Waals surface area (Å²) >= 11 is 6.21. The molecule has 0 amide bonds. The number of fused-ring (bicyclic) bond motifs is 3. The van der Waals surface area contributed by atoms with Crippen LogP contribution in [0.2, 0.25) is 5.02 Å². The number of carbonyl (C=O) groups is 3. The molecule has 2 aromatic rings. The monoisotopic (exact) mass is 651 g/mol. The number of aldehydes is 1. The van der Waals surface area contributed by atoms with Gasteiger partial charge in [-0.3, -0.25) is 14.5 Å². The number of hydrogen-bond donors (Lipinski definition) is 0. The Balaban J connectivity index is 1.01. The third-order valence-electron chi connectivity index (χ3n) is 10.8. The molecule has 2 aliphatic carbocycles. The molecule has 248 valence electrons. The van der Waals surface area contributed by atoms with Crippen molar-refractivity contribution in [3.05, 3.63) is 58.1 Å². The maximum absolute atomic E-state index is 14.0. The van der Waals surface area contributed by atoms with Crippen molar-refractivity contribution in [3.8, 4) is 11.5 Å². The predicted octanol–water partition coefficient (Wildman–Crippen LogP) is 6.72. The maximum atomic E-state index is 14.0. The summed E-state index contributed by atoms with van der Waals surface area (Å²) in [5.41, 5.74) is 2.15. The lowest BCUT2D eigenvalue weighted by molar-refractivity contribution is -0.167. The number of hydrogen-bond acceptors (Lipinski definition) is 8. The standard InChI is InChI=1S/C37H46ClNO7/c1-43-32-21-33(31(38)20-28(32)23-40)44-24-35(41)45-30-10-8-25(9-11-30)18-26-6-5-7-29(19-26)37(14-3-2-4-15-37)36(42)46-34-22-39-16-12-27(34)13-17-39/h5-7,19-21,23,25,27,30,34H,2-4,8-18,22,24H2,1H3/t25-,30-,34-/m0/s1. The van der Waals surface area contributed by atoms with Gasteiger partial charge in [0.25, 0.3) is 0 Å². The highest BCUT2D eigenvalue weighted by atomic mass is 35.5. The number of carbonyl (C=O) groups excluding carboxylic acids is 3. The smallest absolute Gasteiger partial charge is 0.344 e. The first-order valence-corrected chi connectivity index (χ1v) is 17.4. The third-order valence-corrected chi connectivity index (χ3v) is 11.1. The highest BCUT2D eigenvalue weighted by Crippen LogP contribution is 2.43. The molecule has 0 unspecified atom stereocenters. The Morgan fingerprint density at radius 3 is 2.39 bits per heavy atom. The molecule has 2 aromatic carbocycles. The number of halogens is 1. The summed E-state index contributed by atoms with van der Waals surface area (Å²) in [6.45, 7) is 2.88. The normalized spacial score (nSPS) is 27.0. The molecule has 3 saturated heterocycles. The summed E-state index contributed by atoms with van der Waals surface area (Å²) in [5.74, 6) is 1.12. The zero-order valence-corrected chi connectivity index (χ0v) is 27.6. The molecule has 5 fully saturated rings. The van der Waals surface area contributed by atoms with Gasteiger partial charge in [-0.2, -0.15) is 0 Å². The van der Waals surface area contributed by atoms with E-state index in [4.69, 9.17) is 30.5 Å². The van der Waals surface area contributed by atoms with Gasteiger partial charge in [-0.25, -0.2) is 4.79 Å². The van der Waals surface area contributed by atoms with Crippen LogP contribution in [0.5, 0.6) is 11.5 Å². The van der Waals surface area contributed by atoms with E-state index in [0.29, 0.717) is 29.4 Å². The van der Waals surface area contributed by atoms with Crippen LogP contribution in [0.15, 0.2) is 36.4 Å². The SMILES string of the molecule is COc1cc(OCC(=O)O[C@H]2CC[C@H](Cc3cccc(C4(C(=O)O[C@H]5CN6CCC5CC6)CCCCC4)c3)CC2)c(Cl)cc1C=O. The van der Waals surface area contributed by atoms with Crippen LogP contribution in [0.25, 0.3) is 0 Å². The minimum Gasteiger partial charge on any atom is -0.496 e. The number of methoxy groups -OCH3 is 1. The zero-order chi connectivity index (χ0) is 32.1. The van der Waals surface area contributed by atoms with Crippen molar-refractivity contribution in [2.75, 3.05) is 33.4 Å². The fraction of sp³-hybridized carbons (Fsp3) is 0.595. The van der Waals surface area contributed by atoms with E-state index in [1.54, 1.807) is 0 Å². The van der Waals surface area contributed by atoms with Crippen molar-refractivity contribution in [1.82, 2.24) is 4.90 Å². The molecule has 0 aromatic heterocycles. The van der Waals surface area contributed by atoms with E-state index in [9.17, 15) is 14.4 Å². The van der Waals surface area contributed by atoms with Crippen molar-refractivity contribution in [2.24, 2.45) is 11.8 Å². The molecule has 9 heteroatoms. The van der Waals surface area contributed by atoms with Crippen molar-refractivity contribution >= 4 is 29.8 Å². The van der Waals surface area contributed by atoms with Gasteiger partial charge in [0.05, 0.1) is 23.1 Å². The summed E-state index contributed by atoms with van der Waals surface area (Å²) in [6.07, 6.45) is 12.3. The van der Waals surface area contributed by atoms with Crippen LogP contribution >= 0.6 is 11.6 Å². The van der Waals surface area contributed by atoms with E-state index in [2.05, 4.69) is 29.2 Å². The maximum Gasteiger partial charge on any atom is 0.344 e. The Labute approximate surface area is 277 Å². The minimum atomic E-state index is -0.542. The molecule has 1 atom stereocenters. The van der Waals surface area contributed by atoms with Gasteiger partial charge in [-0.1, -0.05) is 55.1 Å². The lowest BCUT2D eigenvalue weighted by Gasteiger charge is -2.45. The second-order valence-electron chi connectivity index (χ2n) is 13.7. The quantitative estimate of drug-likeness (QED) is 0.195. The van der Waals surface area contributed by atoms with Crippen LogP contribution in [-0.2, 0) is 30.9 Å². The van der Waals surface area contributed by atoms with E-state index in [-0.39, 0.29) is 35.6 Å². The summed E-state index contributed by atoms with van der Waals surface area (Å²) in [7, 11) is 1.45. The Kier molecular flexibility index (Phi) is 10.5. The number of piperidine rings is 3. The Hall–Kier alpha value is -3.10. The largest absolute Gasteiger partial charge is 0.496 e. The first kappa shape index (κ1) is 32.8. The van der Waals surface area contributed by atoms with Crippen LogP contribution in [0.4, 0.5) is 0 Å². The van der Waals surface area contributed by atoms with Crippen LogP contribution in [0, 0.1) is 11.8 Å². The summed E-state index contributed by atoms with van der Waals surface area (Å²) < 4.78 is 22.9. The van der Waals surface area contributed by atoms with Crippen molar-refractivity contribution in [2.45, 2.75) is 94.7 Å². The lowest BCUT2D eigenvalue weighted by atomic mass is 9.68. The van der Waals surface area contributed by atoms with Gasteiger partial charge < -0.3 is 18.9 Å². The van der Waals surface area contributed by atoms with Gasteiger partial charge >= 0.3 is 11.9 Å². The Morgan fingerprint density at radius 2 is 1.72 bits per heavy atom. The molecule has 5 aliphatic rings. The molecule has 2 saturated carbocycles. The van der Waals surface area contributed by atoms with Crippen LogP contribution in [0.1, 0.15) is 92.1 Å². The highest BCUT2D eigenvalue weighted by Gasteiger charge is 2.46. The molecular weight excluding hydrogens is 606 g/mol. The minimum absolute atomic E-state index is 0.00575. The van der Waals surface area contributed by atoms with E-state index in [1.165, 1.54) is 31.2 Å². The molecule has 3 heterocycles. The predicted molar refractivity (Wildman–Crippen MR) is 175 cm³/mol. The van der Waals surface area contributed by atoms with Gasteiger partial charge in [0.1, 0.15) is 23.7 Å². The van der Waals surface area contributed by atoms with Crippen LogP contribution < -0.4 is 9.47 Å². The van der Waals surface area contributed by atoms with Gasteiger partial charge in [0.15, 0.2) is 12.9 Å². The van der Waals surface area contributed by atoms with Crippen molar-refractivity contribution < 1.29 is 33.3 Å². The number of nitrogens with zero attached hydrogens (tertiary/aromatic N) is 1. The van der Waals surface area contributed by atoms with Crippen LogP contribution in [-0.4, -0.2) is 68.7 Å². The molecule has 7 rings (SSSR count). The fourth-order valence-corrected chi connectivity index (χ4v) is 8.36. The molecular formula is C37H46ClNO7. The summed E-state index contributed by atoms with van der Waals surface area (Å²) in [4.78, 5) is 40.2. The Morgan fingerprint density at radius 1 is 0.957 bits per heavy atom. The third kappa shape index (κ3) is 7.38. The van der Waals surface area contributed by atoms with Gasteiger partial charge in [-0.15, -0.1) is 0 Å². The van der Waals surface area contributed by atoms with Crippen molar-refractivity contribution in [3.63, 3.8) is 0 Å². The average molecular weight is 652 g/mol. The van der Waals surface area contributed by atoms with E-state index >= 15 is 0 Å². The molecule has 0 N–H and O–H groups in total. The lowest BCUT2D eigenvalue weighted by Crippen LogP contribution is -2.53. The van der Waals surface area contributed by atoms with E-state index in [1.807, 2.05) is 0 Å². The van der Waals surface area contributed by atoms with Crippen LogP contribution in [0.3, 0.4) is 0 Å². The average Bonchev–Trinajstić information content (AvgIpc) is 3.09. The van der Waals surface area contributed by atoms with Gasteiger partial charge in [0, 0.05) is 12.6 Å². The summed E-state index contributed by atoms with van der Waals surface area (Å²) in [5, 5.41) is 0.223. The molecule has 2 bridgehead atoms. The second-order valence-corrected chi connectivity index (χ2v) is 14.1. The van der Waals surface area contributed by atoms with Crippen molar-refractivity contribution in [1.29, 1.82) is 0 Å². The molecule has 0 spiro atoms. The Bertz CT molecular complexity index is 1390. The molecule has 8 nitrogen and oxygen atoms in total. The zero-order valence-electron chi connectivity index (χ0n) is 26.8. The summed E-state index contributed by atoms with van der Waals surface area (Å²) in [6, 6.07) is 11.7. The number of esters is 2. The second kappa shape index (κ2) is 14.8. The highest BCUT2D eigenvalue weighted by molar-refractivity contribution is 6.32. The number of benzene rings is 2. The first-order valence-electron chi connectivity index (χ1n) is 17.0. The molecule has 0 radical (unpaired) electrons.